The molecule has 1 aliphatic rings. The molecule has 2 aromatic rings. The molecule has 136 valence electrons. The van der Waals surface area contributed by atoms with E-state index in [2.05, 4.69) is 36.1 Å². The minimum absolute atomic E-state index is 0.0146. The van der Waals surface area contributed by atoms with Gasteiger partial charge in [0.2, 0.25) is 11.9 Å². The number of carbonyl (C=O) groups excluding carboxylic acids is 1. The molecule has 1 saturated heterocycles. The maximum Gasteiger partial charge on any atom is 0.224 e. The molecule has 25 heavy (non-hydrogen) atoms. The summed E-state index contributed by atoms with van der Waals surface area (Å²) in [5, 5.41) is 3.03. The Hall–Kier alpha value is -1.60. The fraction of sp³-hybridized carbons (Fsp3) is 0.556. The average molecular weight is 409 g/mol. The molecule has 1 fully saturated rings. The molecule has 1 atom stereocenters. The summed E-state index contributed by atoms with van der Waals surface area (Å²) in [6, 6.07) is 6.01. The van der Waals surface area contributed by atoms with Crippen LogP contribution in [0.3, 0.4) is 0 Å². The number of halogens is 1. The average Bonchev–Trinajstić information content (AvgIpc) is 3.04. The van der Waals surface area contributed by atoms with Gasteiger partial charge in [0.15, 0.2) is 0 Å². The SMILES string of the molecule is CCOCCCNC(=O)C1CCCN(c2nc3ccc(Br)cc3[nH]2)C1. The number of hydrogen-bond donors (Lipinski definition) is 2. The highest BCUT2D eigenvalue weighted by Crippen LogP contribution is 2.25. The van der Waals surface area contributed by atoms with Gasteiger partial charge in [-0.25, -0.2) is 4.98 Å². The number of hydrogen-bond acceptors (Lipinski definition) is 4. The van der Waals surface area contributed by atoms with Gasteiger partial charge in [0.05, 0.1) is 17.0 Å². The van der Waals surface area contributed by atoms with Crippen molar-refractivity contribution in [2.45, 2.75) is 26.2 Å². The lowest BCUT2D eigenvalue weighted by molar-refractivity contribution is -0.125. The maximum absolute atomic E-state index is 12.4. The van der Waals surface area contributed by atoms with Crippen LogP contribution in [0.2, 0.25) is 0 Å². The molecule has 0 aliphatic carbocycles. The minimum atomic E-state index is 0.0146. The molecule has 0 radical (unpaired) electrons. The minimum Gasteiger partial charge on any atom is -0.382 e. The van der Waals surface area contributed by atoms with Crippen LogP contribution in [0.1, 0.15) is 26.2 Å². The maximum atomic E-state index is 12.4. The Balaban J connectivity index is 1.57. The molecule has 1 aromatic heterocycles. The molecule has 2 N–H and O–H groups in total. The highest BCUT2D eigenvalue weighted by molar-refractivity contribution is 9.10. The number of aromatic nitrogens is 2. The molecule has 0 bridgehead atoms. The first-order valence-corrected chi connectivity index (χ1v) is 9.72. The van der Waals surface area contributed by atoms with E-state index in [4.69, 9.17) is 4.74 Å². The summed E-state index contributed by atoms with van der Waals surface area (Å²) in [5.41, 5.74) is 1.95. The van der Waals surface area contributed by atoms with E-state index in [0.717, 1.165) is 53.9 Å². The highest BCUT2D eigenvalue weighted by atomic mass is 79.9. The van der Waals surface area contributed by atoms with E-state index in [1.807, 2.05) is 25.1 Å². The number of imidazole rings is 1. The van der Waals surface area contributed by atoms with Crippen LogP contribution in [0.25, 0.3) is 11.0 Å². The van der Waals surface area contributed by atoms with Crippen LogP contribution in [0.5, 0.6) is 0 Å². The molecule has 1 aliphatic heterocycles. The van der Waals surface area contributed by atoms with Gasteiger partial charge in [-0.2, -0.15) is 0 Å². The third-order valence-corrected chi connectivity index (χ3v) is 4.99. The van der Waals surface area contributed by atoms with Gasteiger partial charge >= 0.3 is 0 Å². The number of aromatic amines is 1. The summed E-state index contributed by atoms with van der Waals surface area (Å²) in [6.07, 6.45) is 2.78. The van der Waals surface area contributed by atoms with Crippen molar-refractivity contribution in [3.05, 3.63) is 22.7 Å². The second-order valence-corrected chi connectivity index (χ2v) is 7.26. The van der Waals surface area contributed by atoms with Crippen molar-refractivity contribution in [3.8, 4) is 0 Å². The Morgan fingerprint density at radius 2 is 2.40 bits per heavy atom. The topological polar surface area (TPSA) is 70.2 Å². The first kappa shape index (κ1) is 18.2. The summed E-state index contributed by atoms with van der Waals surface area (Å²) in [5.74, 6) is 1.00. The van der Waals surface area contributed by atoms with Crippen LogP contribution >= 0.6 is 15.9 Å². The number of piperidine rings is 1. The second-order valence-electron chi connectivity index (χ2n) is 6.35. The second kappa shape index (κ2) is 8.67. The molecule has 3 rings (SSSR count). The largest absolute Gasteiger partial charge is 0.382 e. The number of benzene rings is 1. The standard InChI is InChI=1S/C18H25BrN4O2/c1-2-25-10-4-8-20-17(24)13-5-3-9-23(12-13)18-21-15-7-6-14(19)11-16(15)22-18/h6-7,11,13H,2-5,8-10,12H2,1H3,(H,20,24)(H,21,22). The van der Waals surface area contributed by atoms with Gasteiger partial charge in [-0.3, -0.25) is 4.79 Å². The van der Waals surface area contributed by atoms with Gasteiger partial charge in [0.25, 0.3) is 0 Å². The predicted molar refractivity (Wildman–Crippen MR) is 103 cm³/mol. The fourth-order valence-electron chi connectivity index (χ4n) is 3.18. The Labute approximate surface area is 156 Å². The molecule has 7 heteroatoms. The zero-order chi connectivity index (χ0) is 17.6. The monoisotopic (exact) mass is 408 g/mol. The van der Waals surface area contributed by atoms with Crippen LogP contribution < -0.4 is 10.2 Å². The van der Waals surface area contributed by atoms with E-state index < -0.39 is 0 Å². The molecule has 1 aromatic carbocycles. The van der Waals surface area contributed by atoms with Crippen LogP contribution in [-0.4, -0.2) is 48.7 Å². The predicted octanol–water partition coefficient (Wildman–Crippen LogP) is 3.08. The van der Waals surface area contributed by atoms with Crippen LogP contribution in [0, 0.1) is 5.92 Å². The Morgan fingerprint density at radius 1 is 1.52 bits per heavy atom. The molecule has 0 spiro atoms. The van der Waals surface area contributed by atoms with E-state index in [0.29, 0.717) is 19.7 Å². The van der Waals surface area contributed by atoms with Gasteiger partial charge in [-0.1, -0.05) is 15.9 Å². The van der Waals surface area contributed by atoms with Gasteiger partial charge < -0.3 is 19.9 Å². The Bertz CT molecular complexity index is 718. The van der Waals surface area contributed by atoms with Crippen LogP contribution in [0.4, 0.5) is 5.95 Å². The molecule has 0 saturated carbocycles. The van der Waals surface area contributed by atoms with Crippen molar-refractivity contribution in [1.82, 2.24) is 15.3 Å². The van der Waals surface area contributed by atoms with E-state index >= 15 is 0 Å². The number of fused-ring (bicyclic) bond motifs is 1. The van der Waals surface area contributed by atoms with Crippen molar-refractivity contribution in [2.75, 3.05) is 37.7 Å². The van der Waals surface area contributed by atoms with Crippen molar-refractivity contribution < 1.29 is 9.53 Å². The number of nitrogens with one attached hydrogen (secondary N) is 2. The van der Waals surface area contributed by atoms with E-state index in [1.165, 1.54) is 0 Å². The molecule has 6 nitrogen and oxygen atoms in total. The molecule has 1 unspecified atom stereocenters. The summed E-state index contributed by atoms with van der Waals surface area (Å²) in [7, 11) is 0. The van der Waals surface area contributed by atoms with E-state index in [-0.39, 0.29) is 11.8 Å². The van der Waals surface area contributed by atoms with E-state index in [9.17, 15) is 4.79 Å². The number of carbonyl (C=O) groups is 1. The van der Waals surface area contributed by atoms with Gasteiger partial charge in [0, 0.05) is 37.3 Å². The first-order valence-electron chi connectivity index (χ1n) is 8.93. The molecule has 2 heterocycles. The van der Waals surface area contributed by atoms with Crippen molar-refractivity contribution >= 4 is 38.8 Å². The number of H-pyrrole nitrogens is 1. The number of rotatable bonds is 7. The lowest BCUT2D eigenvalue weighted by Gasteiger charge is -2.31. The number of anilines is 1. The molecule has 1 amide bonds. The Kier molecular flexibility index (Phi) is 6.31. The van der Waals surface area contributed by atoms with Gasteiger partial charge in [0.1, 0.15) is 0 Å². The summed E-state index contributed by atoms with van der Waals surface area (Å²) < 4.78 is 6.32. The van der Waals surface area contributed by atoms with Crippen molar-refractivity contribution in [1.29, 1.82) is 0 Å². The number of nitrogens with zero attached hydrogens (tertiary/aromatic N) is 2. The zero-order valence-electron chi connectivity index (χ0n) is 14.6. The molecular formula is C18H25BrN4O2. The lowest BCUT2D eigenvalue weighted by Crippen LogP contribution is -2.43. The third-order valence-electron chi connectivity index (χ3n) is 4.49. The van der Waals surface area contributed by atoms with Gasteiger partial charge in [-0.15, -0.1) is 0 Å². The van der Waals surface area contributed by atoms with Crippen molar-refractivity contribution in [2.24, 2.45) is 5.92 Å². The summed E-state index contributed by atoms with van der Waals surface area (Å²) >= 11 is 3.48. The third kappa shape index (κ3) is 4.73. The van der Waals surface area contributed by atoms with Crippen molar-refractivity contribution in [3.63, 3.8) is 0 Å². The van der Waals surface area contributed by atoms with E-state index in [1.54, 1.807) is 0 Å². The smallest absolute Gasteiger partial charge is 0.224 e. The zero-order valence-corrected chi connectivity index (χ0v) is 16.1. The summed E-state index contributed by atoms with van der Waals surface area (Å²) in [6.45, 7) is 5.70. The number of amides is 1. The quantitative estimate of drug-likeness (QED) is 0.690. The number of ether oxygens (including phenoxy) is 1. The first-order chi connectivity index (χ1) is 12.2. The van der Waals surface area contributed by atoms with Gasteiger partial charge in [-0.05, 0) is 44.4 Å². The lowest BCUT2D eigenvalue weighted by atomic mass is 9.97. The highest BCUT2D eigenvalue weighted by Gasteiger charge is 2.27. The van der Waals surface area contributed by atoms with Crippen LogP contribution in [-0.2, 0) is 9.53 Å². The fourth-order valence-corrected chi connectivity index (χ4v) is 3.54. The Morgan fingerprint density at radius 3 is 3.24 bits per heavy atom. The summed E-state index contributed by atoms with van der Waals surface area (Å²) in [4.78, 5) is 22.6. The van der Waals surface area contributed by atoms with Crippen LogP contribution in [0.15, 0.2) is 22.7 Å². The normalized spacial score (nSPS) is 17.8. The molecular weight excluding hydrogens is 384 g/mol.